The summed E-state index contributed by atoms with van der Waals surface area (Å²) in [4.78, 5) is 33.5. The van der Waals surface area contributed by atoms with Crippen LogP contribution in [0.5, 0.6) is 11.5 Å². The predicted molar refractivity (Wildman–Crippen MR) is 158 cm³/mol. The highest BCUT2D eigenvalue weighted by Gasteiger charge is 2.35. The SMILES string of the molecule is CCOC(=O)C1=C(c2ccccc2)N=c2s/c(=C\c3cc(I)c(OC)c(OC)c3)c(=O)n2[C@H]1c1cccs1. The molecule has 0 fully saturated rings. The summed E-state index contributed by atoms with van der Waals surface area (Å²) >= 11 is 4.95. The van der Waals surface area contributed by atoms with E-state index in [2.05, 4.69) is 22.6 Å². The molecule has 0 radical (unpaired) electrons. The summed E-state index contributed by atoms with van der Waals surface area (Å²) < 4.78 is 19.4. The molecule has 0 saturated heterocycles. The highest BCUT2D eigenvalue weighted by Crippen LogP contribution is 2.37. The Morgan fingerprint density at radius 1 is 1.13 bits per heavy atom. The summed E-state index contributed by atoms with van der Waals surface area (Å²) in [7, 11) is 3.17. The zero-order valence-electron chi connectivity index (χ0n) is 20.8. The zero-order chi connectivity index (χ0) is 26.8. The molecule has 5 rings (SSSR count). The first-order chi connectivity index (χ1) is 18.5. The van der Waals surface area contributed by atoms with E-state index in [0.29, 0.717) is 32.1 Å². The Balaban J connectivity index is 1.78. The van der Waals surface area contributed by atoms with Crippen LogP contribution in [0.25, 0.3) is 11.8 Å². The molecule has 1 atom stereocenters. The van der Waals surface area contributed by atoms with Gasteiger partial charge in [-0.3, -0.25) is 9.36 Å². The number of hydrogen-bond acceptors (Lipinski definition) is 8. The third kappa shape index (κ3) is 4.83. The average molecular weight is 659 g/mol. The van der Waals surface area contributed by atoms with Gasteiger partial charge in [0.2, 0.25) is 0 Å². The second-order valence-electron chi connectivity index (χ2n) is 8.19. The van der Waals surface area contributed by atoms with Crippen molar-refractivity contribution >= 4 is 63.0 Å². The van der Waals surface area contributed by atoms with Gasteiger partial charge in [0.05, 0.1) is 40.2 Å². The van der Waals surface area contributed by atoms with Crippen LogP contribution in [-0.2, 0) is 9.53 Å². The number of esters is 1. The summed E-state index contributed by atoms with van der Waals surface area (Å²) in [6, 6.07) is 16.4. The maximum absolute atomic E-state index is 13.9. The number of aromatic nitrogens is 1. The van der Waals surface area contributed by atoms with E-state index < -0.39 is 12.0 Å². The fourth-order valence-corrected chi connectivity index (χ4v) is 7.00. The van der Waals surface area contributed by atoms with Gasteiger partial charge in [0.1, 0.15) is 6.04 Å². The molecule has 38 heavy (non-hydrogen) atoms. The van der Waals surface area contributed by atoms with E-state index in [1.54, 1.807) is 25.7 Å². The summed E-state index contributed by atoms with van der Waals surface area (Å²) in [6.45, 7) is 1.98. The van der Waals surface area contributed by atoms with E-state index in [4.69, 9.17) is 19.2 Å². The fourth-order valence-electron chi connectivity index (χ4n) is 4.33. The van der Waals surface area contributed by atoms with E-state index in [9.17, 15) is 9.59 Å². The summed E-state index contributed by atoms with van der Waals surface area (Å²) in [5.74, 6) is 0.721. The fraction of sp³-hybridized carbons (Fsp3) is 0.179. The molecule has 0 saturated carbocycles. The second kappa shape index (κ2) is 11.3. The molecule has 0 unspecified atom stereocenters. The number of halogens is 1. The van der Waals surface area contributed by atoms with Crippen molar-refractivity contribution < 1.29 is 19.0 Å². The topological polar surface area (TPSA) is 79.1 Å². The molecule has 4 aromatic rings. The van der Waals surface area contributed by atoms with Gasteiger partial charge in [0.25, 0.3) is 5.56 Å². The minimum Gasteiger partial charge on any atom is -0.493 e. The Morgan fingerprint density at radius 3 is 2.58 bits per heavy atom. The van der Waals surface area contributed by atoms with Gasteiger partial charge in [-0.15, -0.1) is 11.3 Å². The van der Waals surface area contributed by atoms with Crippen molar-refractivity contribution in [3.8, 4) is 11.5 Å². The Bertz CT molecular complexity index is 1710. The molecule has 0 aliphatic carbocycles. The minimum absolute atomic E-state index is 0.212. The van der Waals surface area contributed by atoms with Crippen LogP contribution in [0, 0.1) is 3.57 Å². The lowest BCUT2D eigenvalue weighted by atomic mass is 9.97. The van der Waals surface area contributed by atoms with Crippen LogP contribution in [0.1, 0.15) is 29.0 Å². The molecule has 3 heterocycles. The lowest BCUT2D eigenvalue weighted by Gasteiger charge is -2.24. The van der Waals surface area contributed by atoms with Crippen molar-refractivity contribution in [2.75, 3.05) is 20.8 Å². The quantitative estimate of drug-likeness (QED) is 0.214. The van der Waals surface area contributed by atoms with Gasteiger partial charge in [-0.1, -0.05) is 47.7 Å². The number of thiophene rings is 1. The molecule has 194 valence electrons. The molecule has 2 aromatic carbocycles. The highest BCUT2D eigenvalue weighted by atomic mass is 127. The van der Waals surface area contributed by atoms with Crippen LogP contribution >= 0.6 is 45.3 Å². The van der Waals surface area contributed by atoms with E-state index in [1.807, 2.05) is 66.1 Å². The van der Waals surface area contributed by atoms with Crippen molar-refractivity contribution in [1.82, 2.24) is 4.57 Å². The van der Waals surface area contributed by atoms with Crippen LogP contribution in [0.2, 0.25) is 0 Å². The molecule has 0 N–H and O–H groups in total. The van der Waals surface area contributed by atoms with Crippen LogP contribution in [0.4, 0.5) is 0 Å². The summed E-state index contributed by atoms with van der Waals surface area (Å²) in [5, 5.41) is 1.93. The monoisotopic (exact) mass is 658 g/mol. The first-order valence-electron chi connectivity index (χ1n) is 11.7. The van der Waals surface area contributed by atoms with Crippen molar-refractivity contribution in [3.05, 3.63) is 105 Å². The molecule has 10 heteroatoms. The molecular formula is C28H23IN2O5S2. The van der Waals surface area contributed by atoms with E-state index >= 15 is 0 Å². The van der Waals surface area contributed by atoms with Crippen molar-refractivity contribution in [1.29, 1.82) is 0 Å². The van der Waals surface area contributed by atoms with Gasteiger partial charge in [0.15, 0.2) is 16.3 Å². The number of carbonyl (C=O) groups is 1. The lowest BCUT2D eigenvalue weighted by molar-refractivity contribution is -0.138. The maximum Gasteiger partial charge on any atom is 0.338 e. The number of hydrogen-bond donors (Lipinski definition) is 0. The molecule has 0 spiro atoms. The molecule has 7 nitrogen and oxygen atoms in total. The van der Waals surface area contributed by atoms with Gasteiger partial charge in [0, 0.05) is 10.4 Å². The molecule has 2 aromatic heterocycles. The Hall–Kier alpha value is -3.22. The van der Waals surface area contributed by atoms with Crippen molar-refractivity contribution in [2.24, 2.45) is 4.99 Å². The predicted octanol–water partition coefficient (Wildman–Crippen LogP) is 4.62. The second-order valence-corrected chi connectivity index (χ2v) is 11.3. The average Bonchev–Trinajstić information content (AvgIpc) is 3.56. The first-order valence-corrected chi connectivity index (χ1v) is 14.5. The third-order valence-corrected chi connectivity index (χ3v) is 8.65. The molecule has 1 aliphatic rings. The Labute approximate surface area is 240 Å². The maximum atomic E-state index is 13.9. The number of thiazole rings is 1. The Morgan fingerprint density at radius 2 is 1.92 bits per heavy atom. The van der Waals surface area contributed by atoms with E-state index in [1.165, 1.54) is 22.7 Å². The summed E-state index contributed by atoms with van der Waals surface area (Å²) in [5.41, 5.74) is 2.20. The van der Waals surface area contributed by atoms with Crippen LogP contribution < -0.4 is 24.4 Å². The minimum atomic E-state index is -0.659. The number of fused-ring (bicyclic) bond motifs is 1. The number of benzene rings is 2. The number of nitrogens with zero attached hydrogens (tertiary/aromatic N) is 2. The van der Waals surface area contributed by atoms with Gasteiger partial charge >= 0.3 is 5.97 Å². The smallest absolute Gasteiger partial charge is 0.338 e. The largest absolute Gasteiger partial charge is 0.493 e. The van der Waals surface area contributed by atoms with E-state index in [-0.39, 0.29) is 12.2 Å². The third-order valence-electron chi connectivity index (χ3n) is 5.94. The zero-order valence-corrected chi connectivity index (χ0v) is 24.6. The van der Waals surface area contributed by atoms with Gasteiger partial charge in [-0.05, 0) is 64.7 Å². The van der Waals surface area contributed by atoms with Crippen molar-refractivity contribution in [2.45, 2.75) is 13.0 Å². The van der Waals surface area contributed by atoms with Crippen LogP contribution in [-0.4, -0.2) is 31.4 Å². The molecular weight excluding hydrogens is 635 g/mol. The highest BCUT2D eigenvalue weighted by molar-refractivity contribution is 14.1. The number of ether oxygens (including phenoxy) is 3. The Kier molecular flexibility index (Phi) is 7.82. The van der Waals surface area contributed by atoms with E-state index in [0.717, 1.165) is 19.6 Å². The van der Waals surface area contributed by atoms with Gasteiger partial charge < -0.3 is 14.2 Å². The first kappa shape index (κ1) is 26.4. The van der Waals surface area contributed by atoms with Crippen LogP contribution in [0.3, 0.4) is 0 Å². The molecule has 0 amide bonds. The lowest BCUT2D eigenvalue weighted by Crippen LogP contribution is -2.39. The van der Waals surface area contributed by atoms with Crippen LogP contribution in [0.15, 0.2) is 75.3 Å². The molecule has 0 bridgehead atoms. The van der Waals surface area contributed by atoms with Gasteiger partial charge in [-0.25, -0.2) is 9.79 Å². The number of methoxy groups -OCH3 is 2. The molecule has 1 aliphatic heterocycles. The van der Waals surface area contributed by atoms with Gasteiger partial charge in [-0.2, -0.15) is 0 Å². The standard InChI is InChI=1S/C28H23IN2O5S2/c1-4-36-27(33)22-23(17-9-6-5-7-10-17)30-28-31(24(22)20-11-8-12-37-20)26(32)21(38-28)15-16-13-18(29)25(35-3)19(14-16)34-2/h5-15,24H,4H2,1-3H3/b21-15-/t24-/m0/s1. The van der Waals surface area contributed by atoms with Crippen molar-refractivity contribution in [3.63, 3.8) is 0 Å². The summed E-state index contributed by atoms with van der Waals surface area (Å²) in [6.07, 6.45) is 1.82. The number of carbonyl (C=O) groups excluding carboxylic acids is 1. The number of rotatable bonds is 7. The normalized spacial score (nSPS) is 15.2.